The highest BCUT2D eigenvalue weighted by atomic mass is 16.2. The monoisotopic (exact) mass is 209 g/mol. The summed E-state index contributed by atoms with van der Waals surface area (Å²) in [6, 6.07) is 0. The predicted octanol–water partition coefficient (Wildman–Crippen LogP) is 1.39. The van der Waals surface area contributed by atoms with Crippen LogP contribution in [-0.2, 0) is 4.79 Å². The van der Waals surface area contributed by atoms with E-state index in [1.54, 1.807) is 0 Å². The minimum atomic E-state index is 0.119. The third kappa shape index (κ3) is 3.65. The van der Waals surface area contributed by atoms with Gasteiger partial charge in [0.1, 0.15) is 5.82 Å². The average Bonchev–Trinajstić information content (AvgIpc) is 3.08. The topological polar surface area (TPSA) is 53.2 Å². The van der Waals surface area contributed by atoms with Crippen molar-refractivity contribution >= 4 is 5.91 Å². The second kappa shape index (κ2) is 5.44. The molecule has 2 aliphatic rings. The highest BCUT2D eigenvalue weighted by molar-refractivity contribution is 5.82. The smallest absolute Gasteiger partial charge is 0.228 e. The molecular weight excluding hydrogens is 190 g/mol. The largest absolute Gasteiger partial charge is 0.311 e. The molecule has 0 saturated heterocycles. The summed E-state index contributed by atoms with van der Waals surface area (Å²) in [6.07, 6.45) is 5.83. The van der Waals surface area contributed by atoms with Gasteiger partial charge in [0.25, 0.3) is 0 Å². The number of hydrogen-bond donors (Lipinski definition) is 3. The van der Waals surface area contributed by atoms with E-state index in [1.807, 2.05) is 32.9 Å². The van der Waals surface area contributed by atoms with E-state index in [4.69, 9.17) is 0 Å². The first-order chi connectivity index (χ1) is 7.25. The van der Waals surface area contributed by atoms with E-state index in [9.17, 15) is 4.79 Å². The molecule has 0 unspecified atom stereocenters. The number of allylic oxidation sites excluding steroid dienone is 3. The molecule has 0 radical (unpaired) electrons. The first-order valence-corrected chi connectivity index (χ1v) is 5.47. The number of nitrogens with one attached hydrogen (secondary N) is 3. The molecule has 1 amide bonds. The van der Waals surface area contributed by atoms with Gasteiger partial charge in [-0.1, -0.05) is 13.8 Å². The summed E-state index contributed by atoms with van der Waals surface area (Å²) >= 11 is 0. The van der Waals surface area contributed by atoms with Gasteiger partial charge in [0, 0.05) is 11.6 Å². The van der Waals surface area contributed by atoms with Crippen LogP contribution < -0.4 is 16.2 Å². The van der Waals surface area contributed by atoms with Gasteiger partial charge >= 0.3 is 0 Å². The number of amides is 1. The Balaban J connectivity index is 0.000000531. The normalized spacial score (nSPS) is 18.3. The summed E-state index contributed by atoms with van der Waals surface area (Å²) in [6.45, 7) is 5.95. The molecule has 0 spiro atoms. The van der Waals surface area contributed by atoms with E-state index >= 15 is 0 Å². The fourth-order valence-electron chi connectivity index (χ4n) is 1.11. The van der Waals surface area contributed by atoms with Gasteiger partial charge in [0.05, 0.1) is 0 Å². The third-order valence-corrected chi connectivity index (χ3v) is 2.10. The van der Waals surface area contributed by atoms with Crippen LogP contribution in [0.1, 0.15) is 33.6 Å². The van der Waals surface area contributed by atoms with Crippen LogP contribution in [0.3, 0.4) is 0 Å². The van der Waals surface area contributed by atoms with Crippen LogP contribution in [0.15, 0.2) is 23.7 Å². The minimum absolute atomic E-state index is 0.119. The van der Waals surface area contributed by atoms with Crippen molar-refractivity contribution in [3.63, 3.8) is 0 Å². The van der Waals surface area contributed by atoms with E-state index in [0.717, 1.165) is 24.4 Å². The first-order valence-electron chi connectivity index (χ1n) is 5.47. The molecule has 0 aromatic heterocycles. The van der Waals surface area contributed by atoms with Crippen molar-refractivity contribution in [2.24, 2.45) is 5.92 Å². The van der Waals surface area contributed by atoms with Gasteiger partial charge in [0.15, 0.2) is 0 Å². The summed E-state index contributed by atoms with van der Waals surface area (Å²) in [7, 11) is 0. The highest BCUT2D eigenvalue weighted by Crippen LogP contribution is 2.28. The summed E-state index contributed by atoms with van der Waals surface area (Å²) < 4.78 is 0. The Labute approximate surface area is 90.8 Å². The molecule has 1 aliphatic carbocycles. The lowest BCUT2D eigenvalue weighted by molar-refractivity contribution is -0.121. The van der Waals surface area contributed by atoms with Crippen LogP contribution in [-0.4, -0.2) is 5.91 Å². The minimum Gasteiger partial charge on any atom is -0.311 e. The molecule has 0 bridgehead atoms. The van der Waals surface area contributed by atoms with Crippen LogP contribution in [0.4, 0.5) is 0 Å². The third-order valence-electron chi connectivity index (χ3n) is 2.10. The van der Waals surface area contributed by atoms with Crippen molar-refractivity contribution < 1.29 is 4.79 Å². The van der Waals surface area contributed by atoms with E-state index < -0.39 is 0 Å². The Morgan fingerprint density at radius 1 is 1.33 bits per heavy atom. The quantitative estimate of drug-likeness (QED) is 0.644. The lowest BCUT2D eigenvalue weighted by atomic mass is 10.3. The van der Waals surface area contributed by atoms with Crippen LogP contribution >= 0.6 is 0 Å². The Morgan fingerprint density at radius 2 is 2.00 bits per heavy atom. The second-order valence-corrected chi connectivity index (χ2v) is 3.44. The SMILES string of the molecule is CC.CC1=CC=C(NC(=O)C2CC2)NN1. The van der Waals surface area contributed by atoms with Gasteiger partial charge in [0.2, 0.25) is 5.91 Å². The summed E-state index contributed by atoms with van der Waals surface area (Å²) in [4.78, 5) is 11.3. The lowest BCUT2D eigenvalue weighted by Gasteiger charge is -2.17. The fourth-order valence-corrected chi connectivity index (χ4v) is 1.11. The van der Waals surface area contributed by atoms with Crippen molar-refractivity contribution in [1.82, 2.24) is 16.2 Å². The van der Waals surface area contributed by atoms with Gasteiger partial charge in [-0.25, -0.2) is 0 Å². The van der Waals surface area contributed by atoms with E-state index in [2.05, 4.69) is 16.2 Å². The number of hydrogen-bond acceptors (Lipinski definition) is 3. The zero-order valence-corrected chi connectivity index (χ0v) is 9.55. The van der Waals surface area contributed by atoms with Crippen LogP contribution in [0, 0.1) is 5.92 Å². The second-order valence-electron chi connectivity index (χ2n) is 3.44. The Kier molecular flexibility index (Phi) is 4.21. The maximum Gasteiger partial charge on any atom is 0.228 e. The molecule has 0 aromatic carbocycles. The molecule has 1 saturated carbocycles. The Bertz CT molecular complexity index is 290. The molecule has 15 heavy (non-hydrogen) atoms. The Hall–Kier alpha value is -1.45. The van der Waals surface area contributed by atoms with Crippen LogP contribution in [0.2, 0.25) is 0 Å². The van der Waals surface area contributed by atoms with Crippen LogP contribution in [0.25, 0.3) is 0 Å². The maximum atomic E-state index is 11.3. The average molecular weight is 209 g/mol. The van der Waals surface area contributed by atoms with Gasteiger partial charge in [-0.2, -0.15) is 0 Å². The number of rotatable bonds is 2. The van der Waals surface area contributed by atoms with E-state index in [-0.39, 0.29) is 11.8 Å². The summed E-state index contributed by atoms with van der Waals surface area (Å²) in [5.41, 5.74) is 6.85. The van der Waals surface area contributed by atoms with Crippen molar-refractivity contribution in [3.05, 3.63) is 23.7 Å². The van der Waals surface area contributed by atoms with Gasteiger partial charge < -0.3 is 10.7 Å². The zero-order valence-electron chi connectivity index (χ0n) is 9.55. The Morgan fingerprint density at radius 3 is 2.47 bits per heavy atom. The van der Waals surface area contributed by atoms with Crippen molar-refractivity contribution in [3.8, 4) is 0 Å². The molecule has 3 N–H and O–H groups in total. The predicted molar refractivity (Wildman–Crippen MR) is 60.3 cm³/mol. The van der Waals surface area contributed by atoms with Gasteiger partial charge in [-0.05, 0) is 31.9 Å². The molecule has 0 aromatic rings. The van der Waals surface area contributed by atoms with Crippen molar-refractivity contribution in [2.75, 3.05) is 0 Å². The molecule has 1 aliphatic heterocycles. The van der Waals surface area contributed by atoms with Crippen LogP contribution in [0.5, 0.6) is 0 Å². The molecule has 4 heteroatoms. The molecular formula is C11H19N3O. The van der Waals surface area contributed by atoms with Crippen molar-refractivity contribution in [1.29, 1.82) is 0 Å². The summed E-state index contributed by atoms with van der Waals surface area (Å²) in [5.74, 6) is 1.09. The standard InChI is InChI=1S/C9H13N3O.C2H6/c1-6-2-5-8(12-11-6)10-9(13)7-3-4-7;1-2/h2,5,7,11-12H,3-4H2,1H3,(H,10,13);1-2H3. The molecule has 1 heterocycles. The van der Waals surface area contributed by atoms with Crippen molar-refractivity contribution in [2.45, 2.75) is 33.6 Å². The maximum absolute atomic E-state index is 11.3. The lowest BCUT2D eigenvalue weighted by Crippen LogP contribution is -2.40. The summed E-state index contributed by atoms with van der Waals surface area (Å²) in [5, 5.41) is 2.81. The molecule has 84 valence electrons. The van der Waals surface area contributed by atoms with E-state index in [0.29, 0.717) is 0 Å². The van der Waals surface area contributed by atoms with E-state index in [1.165, 1.54) is 0 Å². The first kappa shape index (κ1) is 11.6. The zero-order chi connectivity index (χ0) is 11.3. The fraction of sp³-hybridized carbons (Fsp3) is 0.545. The molecule has 4 nitrogen and oxygen atoms in total. The number of carbonyl (C=O) groups is 1. The molecule has 0 atom stereocenters. The van der Waals surface area contributed by atoms with Gasteiger partial charge in [-0.15, -0.1) is 0 Å². The molecule has 2 rings (SSSR count). The highest BCUT2D eigenvalue weighted by Gasteiger charge is 2.29. The number of carbonyl (C=O) groups excluding carboxylic acids is 1. The van der Waals surface area contributed by atoms with Gasteiger partial charge in [-0.3, -0.25) is 10.2 Å². The number of hydrazine groups is 1. The molecule has 1 fully saturated rings.